The lowest BCUT2D eigenvalue weighted by atomic mass is 9.98. The first-order valence-corrected chi connectivity index (χ1v) is 12.9. The van der Waals surface area contributed by atoms with E-state index in [1.165, 1.54) is 31.5 Å². The summed E-state index contributed by atoms with van der Waals surface area (Å²) in [5.41, 5.74) is 2.43. The molecule has 6 heteroatoms. The number of benzene rings is 1. The Morgan fingerprint density at radius 1 is 1.16 bits per heavy atom. The van der Waals surface area contributed by atoms with Crippen LogP contribution >= 0.6 is 11.3 Å². The van der Waals surface area contributed by atoms with Gasteiger partial charge in [0.1, 0.15) is 5.75 Å². The first kappa shape index (κ1) is 23.3. The molecule has 0 bridgehead atoms. The maximum Gasteiger partial charge on any atom is 0.227 e. The predicted molar refractivity (Wildman–Crippen MR) is 131 cm³/mol. The summed E-state index contributed by atoms with van der Waals surface area (Å²) in [6.07, 6.45) is 5.19. The van der Waals surface area contributed by atoms with Crippen molar-refractivity contribution in [3.63, 3.8) is 0 Å². The Labute approximate surface area is 197 Å². The summed E-state index contributed by atoms with van der Waals surface area (Å²) in [7, 11) is 4.45. The van der Waals surface area contributed by atoms with Gasteiger partial charge in [0.25, 0.3) is 0 Å². The average molecular weight is 456 g/mol. The number of amides is 1. The summed E-state index contributed by atoms with van der Waals surface area (Å²) >= 11 is 1.65. The molecule has 0 spiro atoms. The molecule has 5 nitrogen and oxygen atoms in total. The largest absolute Gasteiger partial charge is 0.493 e. The van der Waals surface area contributed by atoms with Crippen LogP contribution in [0.3, 0.4) is 0 Å². The highest BCUT2D eigenvalue weighted by atomic mass is 32.1. The number of hydrogen-bond acceptors (Lipinski definition) is 5. The minimum absolute atomic E-state index is 0.243. The third-order valence-electron chi connectivity index (χ3n) is 6.93. The van der Waals surface area contributed by atoms with Crippen LogP contribution in [0.25, 0.3) is 0 Å². The van der Waals surface area contributed by atoms with E-state index in [9.17, 15) is 4.79 Å². The number of likely N-dealkylation sites (tertiary alicyclic amines) is 2. The summed E-state index contributed by atoms with van der Waals surface area (Å²) in [5, 5.41) is 4.11. The van der Waals surface area contributed by atoms with E-state index in [2.05, 4.69) is 53.5 Å². The van der Waals surface area contributed by atoms with Crippen LogP contribution in [0, 0.1) is 5.92 Å². The highest BCUT2D eigenvalue weighted by Gasteiger charge is 2.24. The van der Waals surface area contributed by atoms with Gasteiger partial charge in [-0.15, -0.1) is 0 Å². The molecule has 0 radical (unpaired) electrons. The number of carbonyl (C=O) groups excluding carboxylic acids is 1. The second kappa shape index (κ2) is 11.3. The molecule has 1 aromatic carbocycles. The predicted octanol–water partition coefficient (Wildman–Crippen LogP) is 4.13. The molecule has 4 rings (SSSR count). The van der Waals surface area contributed by atoms with Crippen LogP contribution in [-0.2, 0) is 17.8 Å². The summed E-state index contributed by atoms with van der Waals surface area (Å²) in [6.45, 7) is 5.69. The van der Waals surface area contributed by atoms with Gasteiger partial charge in [-0.1, -0.05) is 12.1 Å². The molecule has 0 aliphatic carbocycles. The molecular formula is C26H37N3O2S. The molecule has 3 heterocycles. The lowest BCUT2D eigenvalue weighted by molar-refractivity contribution is -0.132. The third-order valence-corrected chi connectivity index (χ3v) is 7.67. The molecular weight excluding hydrogens is 418 g/mol. The summed E-state index contributed by atoms with van der Waals surface area (Å²) in [5.74, 6) is 1.59. The van der Waals surface area contributed by atoms with Crippen LogP contribution < -0.4 is 4.74 Å². The van der Waals surface area contributed by atoms with E-state index in [-0.39, 0.29) is 5.91 Å². The maximum atomic E-state index is 12.7. The third kappa shape index (κ3) is 6.56. The van der Waals surface area contributed by atoms with E-state index in [0.29, 0.717) is 25.0 Å². The van der Waals surface area contributed by atoms with Gasteiger partial charge < -0.3 is 14.5 Å². The molecule has 1 aromatic heterocycles. The van der Waals surface area contributed by atoms with Crippen molar-refractivity contribution in [3.05, 3.63) is 52.2 Å². The summed E-state index contributed by atoms with van der Waals surface area (Å²) < 4.78 is 6.20. The Bertz CT molecular complexity index is 849. The van der Waals surface area contributed by atoms with Gasteiger partial charge in [-0.3, -0.25) is 9.69 Å². The van der Waals surface area contributed by atoms with E-state index in [4.69, 9.17) is 4.74 Å². The number of hydrogen-bond donors (Lipinski definition) is 0. The minimum atomic E-state index is 0.243. The van der Waals surface area contributed by atoms with Gasteiger partial charge in [-0.25, -0.2) is 0 Å². The summed E-state index contributed by atoms with van der Waals surface area (Å²) in [6, 6.07) is 11.3. The molecule has 2 fully saturated rings. The zero-order chi connectivity index (χ0) is 22.3. The van der Waals surface area contributed by atoms with Crippen LogP contribution in [0.15, 0.2) is 41.1 Å². The Morgan fingerprint density at radius 2 is 2.00 bits per heavy atom. The maximum absolute atomic E-state index is 12.7. The smallest absolute Gasteiger partial charge is 0.227 e. The highest BCUT2D eigenvalue weighted by Crippen LogP contribution is 2.22. The Kier molecular flexibility index (Phi) is 8.22. The lowest BCUT2D eigenvalue weighted by Crippen LogP contribution is -2.42. The van der Waals surface area contributed by atoms with Gasteiger partial charge in [-0.2, -0.15) is 11.3 Å². The van der Waals surface area contributed by atoms with Crippen molar-refractivity contribution in [2.75, 3.05) is 46.9 Å². The number of nitrogens with zero attached hydrogens (tertiary/aromatic N) is 3. The normalized spacial score (nSPS) is 20.6. The van der Waals surface area contributed by atoms with Crippen molar-refractivity contribution >= 4 is 17.2 Å². The highest BCUT2D eigenvalue weighted by molar-refractivity contribution is 7.08. The van der Waals surface area contributed by atoms with Crippen molar-refractivity contribution in [1.29, 1.82) is 0 Å². The molecule has 0 saturated carbocycles. The van der Waals surface area contributed by atoms with Crippen LogP contribution in [0.5, 0.6) is 5.75 Å². The Hall–Kier alpha value is -1.89. The standard InChI is InChI=1S/C26H37N3O2S/c1-27-12-8-24(9-13-27)28(2)17-21-5-3-7-25(15-21)31-19-23-6-4-11-29(18-23)26(30)16-22-10-14-32-20-22/h3,5,7,10,14-15,20,23-24H,4,6,8-9,11-13,16-19H2,1-2H3/t23-/m0/s1. The lowest BCUT2D eigenvalue weighted by Gasteiger charge is -2.35. The number of rotatable bonds is 8. The van der Waals surface area contributed by atoms with E-state index in [1.807, 2.05) is 16.3 Å². The average Bonchev–Trinajstić information content (AvgIpc) is 3.31. The SMILES string of the molecule is CN1CCC(N(C)Cc2cccc(OC[C@H]3CCCN(C(=O)Cc4ccsc4)C3)c2)CC1. The molecule has 2 aromatic rings. The van der Waals surface area contributed by atoms with Crippen LogP contribution in [-0.4, -0.2) is 73.5 Å². The fourth-order valence-electron chi connectivity index (χ4n) is 4.91. The fraction of sp³-hybridized carbons (Fsp3) is 0.577. The molecule has 2 saturated heterocycles. The Morgan fingerprint density at radius 3 is 2.78 bits per heavy atom. The molecule has 2 aliphatic rings. The van der Waals surface area contributed by atoms with Gasteiger partial charge in [0, 0.05) is 31.6 Å². The molecule has 0 unspecified atom stereocenters. The van der Waals surface area contributed by atoms with E-state index in [0.717, 1.165) is 43.8 Å². The number of piperidine rings is 2. The van der Waals surface area contributed by atoms with Crippen LogP contribution in [0.2, 0.25) is 0 Å². The number of thiophene rings is 1. The summed E-state index contributed by atoms with van der Waals surface area (Å²) in [4.78, 5) is 19.6. The quantitative estimate of drug-likeness (QED) is 0.600. The van der Waals surface area contributed by atoms with Gasteiger partial charge in [0.2, 0.25) is 5.91 Å². The van der Waals surface area contributed by atoms with Crippen molar-refractivity contribution in [1.82, 2.24) is 14.7 Å². The van der Waals surface area contributed by atoms with Crippen molar-refractivity contribution < 1.29 is 9.53 Å². The number of ether oxygens (including phenoxy) is 1. The molecule has 174 valence electrons. The fourth-order valence-corrected chi connectivity index (χ4v) is 5.58. The van der Waals surface area contributed by atoms with Crippen LogP contribution in [0.4, 0.5) is 0 Å². The molecule has 0 N–H and O–H groups in total. The van der Waals surface area contributed by atoms with Gasteiger partial charge in [0.05, 0.1) is 13.0 Å². The van der Waals surface area contributed by atoms with E-state index in [1.54, 1.807) is 11.3 Å². The zero-order valence-electron chi connectivity index (χ0n) is 19.5. The van der Waals surface area contributed by atoms with E-state index < -0.39 is 0 Å². The second-order valence-corrected chi connectivity index (χ2v) is 10.3. The van der Waals surface area contributed by atoms with Gasteiger partial charge >= 0.3 is 0 Å². The van der Waals surface area contributed by atoms with Crippen LogP contribution in [0.1, 0.15) is 36.8 Å². The van der Waals surface area contributed by atoms with Crippen molar-refractivity contribution in [2.45, 2.75) is 44.7 Å². The topological polar surface area (TPSA) is 36.0 Å². The van der Waals surface area contributed by atoms with E-state index >= 15 is 0 Å². The number of carbonyl (C=O) groups is 1. The van der Waals surface area contributed by atoms with Gasteiger partial charge in [0.15, 0.2) is 0 Å². The Balaban J connectivity index is 1.25. The molecule has 32 heavy (non-hydrogen) atoms. The van der Waals surface area contributed by atoms with Crippen molar-refractivity contribution in [2.24, 2.45) is 5.92 Å². The van der Waals surface area contributed by atoms with Crippen molar-refractivity contribution in [3.8, 4) is 5.75 Å². The monoisotopic (exact) mass is 455 g/mol. The first-order chi connectivity index (χ1) is 15.6. The molecule has 1 atom stereocenters. The zero-order valence-corrected chi connectivity index (χ0v) is 20.4. The first-order valence-electron chi connectivity index (χ1n) is 12.0. The second-order valence-electron chi connectivity index (χ2n) is 9.56. The molecule has 2 aliphatic heterocycles. The minimum Gasteiger partial charge on any atom is -0.493 e. The molecule has 1 amide bonds. The van der Waals surface area contributed by atoms with Gasteiger partial charge in [-0.05, 0) is 93.0 Å².